The minimum absolute atomic E-state index is 0.0576. The van der Waals surface area contributed by atoms with Crippen LogP contribution in [0.4, 0.5) is 14.5 Å². The number of nitrogens with zero attached hydrogens (tertiary/aromatic N) is 5. The summed E-state index contributed by atoms with van der Waals surface area (Å²) in [6.07, 6.45) is 4.86. The Kier molecular flexibility index (Phi) is 5.97. The average Bonchev–Trinajstić information content (AvgIpc) is 3.18. The molecule has 184 valence electrons. The molecule has 14 heteroatoms. The molecular formula is C20H24F2N6O3S3. The molecule has 1 saturated heterocycles. The lowest BCUT2D eigenvalue weighted by atomic mass is 10.1. The van der Waals surface area contributed by atoms with E-state index in [1.165, 1.54) is 12.4 Å². The summed E-state index contributed by atoms with van der Waals surface area (Å²) in [5.74, 6) is 0. The van der Waals surface area contributed by atoms with E-state index in [9.17, 15) is 21.4 Å². The summed E-state index contributed by atoms with van der Waals surface area (Å²) < 4.78 is 68.9. The number of halogens is 2. The van der Waals surface area contributed by atoms with Gasteiger partial charge >= 0.3 is 0 Å². The Morgan fingerprint density at radius 2 is 1.97 bits per heavy atom. The van der Waals surface area contributed by atoms with Crippen molar-refractivity contribution in [2.45, 2.75) is 54.7 Å². The first kappa shape index (κ1) is 23.7. The van der Waals surface area contributed by atoms with Crippen LogP contribution in [0.3, 0.4) is 0 Å². The zero-order chi connectivity index (χ0) is 24.3. The SMILES string of the molecule is CS(=O)C1CCN(c2cc(S(=O)(=O)NC3(C)CC3)cn3c(-c4nnc(C(F)F)s4)cnc23)CC1. The molecule has 34 heavy (non-hydrogen) atoms. The van der Waals surface area contributed by atoms with Gasteiger partial charge in [0.25, 0.3) is 6.43 Å². The lowest BCUT2D eigenvalue weighted by molar-refractivity contribution is 0.150. The second kappa shape index (κ2) is 8.57. The minimum Gasteiger partial charge on any atom is -0.368 e. The van der Waals surface area contributed by atoms with Gasteiger partial charge in [0.15, 0.2) is 15.7 Å². The zero-order valence-electron chi connectivity index (χ0n) is 18.6. The topological polar surface area (TPSA) is 110 Å². The monoisotopic (exact) mass is 530 g/mol. The fourth-order valence-electron chi connectivity index (χ4n) is 4.11. The number of pyridine rings is 1. The molecule has 0 aromatic carbocycles. The van der Waals surface area contributed by atoms with E-state index in [4.69, 9.17) is 0 Å². The van der Waals surface area contributed by atoms with Crippen LogP contribution >= 0.6 is 11.3 Å². The van der Waals surface area contributed by atoms with Gasteiger partial charge in [-0.15, -0.1) is 10.2 Å². The molecule has 1 N–H and O–H groups in total. The van der Waals surface area contributed by atoms with Gasteiger partial charge in [0.1, 0.15) is 10.6 Å². The molecule has 9 nitrogen and oxygen atoms in total. The molecule has 0 spiro atoms. The van der Waals surface area contributed by atoms with Crippen LogP contribution < -0.4 is 9.62 Å². The molecule has 0 radical (unpaired) electrons. The van der Waals surface area contributed by atoms with Gasteiger partial charge in [0.05, 0.1) is 11.9 Å². The normalized spacial score (nSPS) is 19.7. The number of imidazole rings is 1. The van der Waals surface area contributed by atoms with Crippen molar-refractivity contribution >= 4 is 43.5 Å². The molecule has 2 fully saturated rings. The Morgan fingerprint density at radius 1 is 1.26 bits per heavy atom. The molecule has 2 aliphatic rings. The van der Waals surface area contributed by atoms with Crippen molar-refractivity contribution in [3.05, 3.63) is 23.5 Å². The van der Waals surface area contributed by atoms with Crippen molar-refractivity contribution in [1.82, 2.24) is 24.3 Å². The molecule has 3 aromatic heterocycles. The third-order valence-electron chi connectivity index (χ3n) is 6.35. The third kappa shape index (κ3) is 4.48. The maximum absolute atomic E-state index is 13.2. The van der Waals surface area contributed by atoms with Crippen molar-refractivity contribution in [2.24, 2.45) is 0 Å². The highest BCUT2D eigenvalue weighted by molar-refractivity contribution is 7.89. The molecule has 1 aliphatic carbocycles. The number of anilines is 1. The van der Waals surface area contributed by atoms with Crippen LogP contribution in [0.2, 0.25) is 0 Å². The van der Waals surface area contributed by atoms with Gasteiger partial charge in [0, 0.05) is 47.1 Å². The average molecular weight is 531 g/mol. The number of fused-ring (bicyclic) bond motifs is 1. The second-order valence-electron chi connectivity index (χ2n) is 9.00. The van der Waals surface area contributed by atoms with E-state index >= 15 is 0 Å². The highest BCUT2D eigenvalue weighted by Crippen LogP contribution is 2.38. The zero-order valence-corrected chi connectivity index (χ0v) is 21.0. The lowest BCUT2D eigenvalue weighted by Gasteiger charge is -2.33. The summed E-state index contributed by atoms with van der Waals surface area (Å²) in [6.45, 7) is 3.06. The van der Waals surface area contributed by atoms with Crippen LogP contribution in [0.25, 0.3) is 16.3 Å². The van der Waals surface area contributed by atoms with E-state index in [-0.39, 0.29) is 15.2 Å². The number of hydrogen-bond donors (Lipinski definition) is 1. The predicted molar refractivity (Wildman–Crippen MR) is 126 cm³/mol. The quantitative estimate of drug-likeness (QED) is 0.500. The summed E-state index contributed by atoms with van der Waals surface area (Å²) in [7, 11) is -4.77. The molecular weight excluding hydrogens is 506 g/mol. The fourth-order valence-corrected chi connectivity index (χ4v) is 7.17. The largest absolute Gasteiger partial charge is 0.368 e. The first-order valence-corrected chi connectivity index (χ1v) is 14.7. The Hall–Kier alpha value is -2.03. The van der Waals surface area contributed by atoms with Gasteiger partial charge in [-0.1, -0.05) is 11.3 Å². The summed E-state index contributed by atoms with van der Waals surface area (Å²) >= 11 is 0.746. The minimum atomic E-state index is -3.84. The highest BCUT2D eigenvalue weighted by atomic mass is 32.2. The first-order chi connectivity index (χ1) is 16.1. The molecule has 3 aromatic rings. The van der Waals surface area contributed by atoms with Crippen LogP contribution in [-0.2, 0) is 20.8 Å². The molecule has 1 aliphatic heterocycles. The number of aromatic nitrogens is 4. The van der Waals surface area contributed by atoms with Crippen molar-refractivity contribution in [3.8, 4) is 10.7 Å². The van der Waals surface area contributed by atoms with Crippen LogP contribution in [0, 0.1) is 0 Å². The predicted octanol–water partition coefficient (Wildman–Crippen LogP) is 2.97. The van der Waals surface area contributed by atoms with Crippen LogP contribution in [0.15, 0.2) is 23.4 Å². The molecule has 0 amide bonds. The second-order valence-corrected chi connectivity index (χ2v) is 13.4. The van der Waals surface area contributed by atoms with E-state index in [0.29, 0.717) is 43.0 Å². The molecule has 1 unspecified atom stereocenters. The van der Waals surface area contributed by atoms with E-state index < -0.39 is 37.8 Å². The first-order valence-electron chi connectivity index (χ1n) is 10.8. The maximum Gasteiger partial charge on any atom is 0.291 e. The van der Waals surface area contributed by atoms with Crippen molar-refractivity contribution < 1.29 is 21.4 Å². The van der Waals surface area contributed by atoms with Gasteiger partial charge in [0.2, 0.25) is 10.0 Å². The molecule has 4 heterocycles. The number of hydrogen-bond acceptors (Lipinski definition) is 8. The Morgan fingerprint density at radius 3 is 2.56 bits per heavy atom. The molecule has 1 atom stereocenters. The third-order valence-corrected chi connectivity index (χ3v) is 10.3. The maximum atomic E-state index is 13.2. The van der Waals surface area contributed by atoms with E-state index in [0.717, 1.165) is 24.2 Å². The standard InChI is InChI=1S/C20H24F2N6O3S3/c1-20(5-6-20)26-34(30,31)13-9-14(27-7-3-12(4-8-27)33(2)29)17-23-10-15(28(17)11-13)18-24-25-19(32-18)16(21)22/h9-12,16,26H,3-8H2,1-2H3. The summed E-state index contributed by atoms with van der Waals surface area (Å²) in [5, 5.41) is 7.34. The molecule has 5 rings (SSSR count). The van der Waals surface area contributed by atoms with E-state index in [1.807, 2.05) is 11.8 Å². The van der Waals surface area contributed by atoms with Gasteiger partial charge in [-0.2, -0.15) is 0 Å². The van der Waals surface area contributed by atoms with Gasteiger partial charge < -0.3 is 4.90 Å². The lowest BCUT2D eigenvalue weighted by Crippen LogP contribution is -2.38. The van der Waals surface area contributed by atoms with Gasteiger partial charge in [-0.3, -0.25) is 8.61 Å². The van der Waals surface area contributed by atoms with Crippen molar-refractivity contribution in [2.75, 3.05) is 24.2 Å². The number of alkyl halides is 2. The number of rotatable bonds is 7. The number of piperidine rings is 1. The smallest absolute Gasteiger partial charge is 0.291 e. The highest BCUT2D eigenvalue weighted by Gasteiger charge is 2.41. The van der Waals surface area contributed by atoms with Gasteiger partial charge in [-0.05, 0) is 38.7 Å². The number of nitrogens with one attached hydrogen (secondary N) is 1. The fraction of sp³-hybridized carbons (Fsp3) is 0.550. The van der Waals surface area contributed by atoms with Crippen molar-refractivity contribution in [3.63, 3.8) is 0 Å². The molecule has 1 saturated carbocycles. The van der Waals surface area contributed by atoms with Crippen molar-refractivity contribution in [1.29, 1.82) is 0 Å². The van der Waals surface area contributed by atoms with Crippen LogP contribution in [0.5, 0.6) is 0 Å². The Balaban J connectivity index is 1.61. The summed E-state index contributed by atoms with van der Waals surface area (Å²) in [6, 6.07) is 1.61. The van der Waals surface area contributed by atoms with E-state index in [1.54, 1.807) is 16.7 Å². The van der Waals surface area contributed by atoms with Crippen LogP contribution in [-0.4, -0.2) is 62.3 Å². The van der Waals surface area contributed by atoms with Crippen LogP contribution in [0.1, 0.15) is 44.0 Å². The van der Waals surface area contributed by atoms with Gasteiger partial charge in [-0.25, -0.2) is 26.9 Å². The molecule has 0 bridgehead atoms. The summed E-state index contributed by atoms with van der Waals surface area (Å²) in [5.41, 5.74) is 1.05. The van der Waals surface area contributed by atoms with E-state index in [2.05, 4.69) is 19.9 Å². The number of sulfonamides is 1. The summed E-state index contributed by atoms with van der Waals surface area (Å²) in [4.78, 5) is 6.58. The Bertz CT molecular complexity index is 1360. The Labute approximate surface area is 202 Å².